The molecule has 0 radical (unpaired) electrons. The summed E-state index contributed by atoms with van der Waals surface area (Å²) < 4.78 is 0. The van der Waals surface area contributed by atoms with Crippen molar-refractivity contribution < 1.29 is 9.63 Å². The van der Waals surface area contributed by atoms with Gasteiger partial charge >= 0.3 is 0 Å². The maximum Gasteiger partial charge on any atom is 0.277 e. The summed E-state index contributed by atoms with van der Waals surface area (Å²) >= 11 is 0. The Labute approximate surface area is 176 Å². The summed E-state index contributed by atoms with van der Waals surface area (Å²) in [4.78, 5) is 17.0. The molecule has 1 amide bonds. The van der Waals surface area contributed by atoms with Crippen molar-refractivity contribution in [3.05, 3.63) is 106 Å². The van der Waals surface area contributed by atoms with E-state index in [1.807, 2.05) is 60.7 Å². The van der Waals surface area contributed by atoms with Crippen molar-refractivity contribution >= 4 is 30.2 Å². The predicted molar refractivity (Wildman–Crippen MR) is 121 cm³/mol. The average Bonchev–Trinajstić information content (AvgIpc) is 2.81. The Kier molecular flexibility index (Phi) is 6.94. The fourth-order valence-corrected chi connectivity index (χ4v) is 2.77. The van der Waals surface area contributed by atoms with E-state index in [4.69, 9.17) is 10.1 Å². The molecule has 4 nitrogen and oxygen atoms in total. The average molecular weight is 394 g/mol. The van der Waals surface area contributed by atoms with Crippen LogP contribution in [0.1, 0.15) is 38.2 Å². The van der Waals surface area contributed by atoms with Gasteiger partial charge in [-0.05, 0) is 46.5 Å². The number of hydroxylamine groups is 2. The lowest BCUT2D eigenvalue weighted by Gasteiger charge is -2.13. The Morgan fingerprint density at radius 1 is 0.767 bits per heavy atom. The van der Waals surface area contributed by atoms with Crippen molar-refractivity contribution in [2.45, 2.75) is 0 Å². The highest BCUT2D eigenvalue weighted by atomic mass is 16.7. The second-order valence-electron chi connectivity index (χ2n) is 6.67. The molecule has 3 aromatic rings. The number of benzene rings is 3. The van der Waals surface area contributed by atoms with Crippen LogP contribution in [0.5, 0.6) is 0 Å². The summed E-state index contributed by atoms with van der Waals surface area (Å²) in [5.41, 5.74) is 5.49. The highest BCUT2D eigenvalue weighted by molar-refractivity contribution is 5.93. The number of nitrogens with zero attached hydrogens (tertiary/aromatic N) is 2. The van der Waals surface area contributed by atoms with Gasteiger partial charge in [-0.2, -0.15) is 5.26 Å². The number of carbonyl (C=O) groups excluding carboxylic acids is 1. The molecule has 0 aliphatic carbocycles. The minimum Gasteiger partial charge on any atom is -0.274 e. The quantitative estimate of drug-likeness (QED) is 0.408. The van der Waals surface area contributed by atoms with E-state index in [2.05, 4.69) is 30.3 Å². The van der Waals surface area contributed by atoms with Crippen molar-refractivity contribution in [3.63, 3.8) is 0 Å². The molecule has 148 valence electrons. The lowest BCUT2D eigenvalue weighted by molar-refractivity contribution is -0.0756. The minimum atomic E-state index is -0.183. The van der Waals surface area contributed by atoms with Gasteiger partial charge in [0.2, 0.25) is 0 Å². The maximum atomic E-state index is 12.0. The summed E-state index contributed by atoms with van der Waals surface area (Å²) in [6.07, 6.45) is 8.11. The lowest BCUT2D eigenvalue weighted by Crippen LogP contribution is -2.25. The van der Waals surface area contributed by atoms with Crippen molar-refractivity contribution in [1.29, 1.82) is 5.26 Å². The third-order valence-electron chi connectivity index (χ3n) is 4.63. The van der Waals surface area contributed by atoms with E-state index in [0.29, 0.717) is 11.1 Å². The molecule has 0 heterocycles. The summed E-state index contributed by atoms with van der Waals surface area (Å²) in [7, 11) is 3.04. The predicted octanol–water partition coefficient (Wildman–Crippen LogP) is 5.53. The number of nitriles is 1. The Morgan fingerprint density at radius 2 is 1.13 bits per heavy atom. The van der Waals surface area contributed by atoms with E-state index in [-0.39, 0.29) is 5.91 Å². The zero-order valence-electron chi connectivity index (χ0n) is 16.9. The third kappa shape index (κ3) is 5.54. The molecule has 0 aliphatic heterocycles. The molecule has 0 N–H and O–H groups in total. The van der Waals surface area contributed by atoms with Crippen LogP contribution in [0.2, 0.25) is 0 Å². The standard InChI is InChI=1S/C26H22N2O2/c1-28(30-2)26(29)25-17-15-23(16-18-25)10-9-21-5-3-20(4-6-21)7-8-22-11-13-24(19-27)14-12-22/h3-18H,1-2H3/b8-7+,10-9+. The summed E-state index contributed by atoms with van der Waals surface area (Å²) in [6.45, 7) is 0. The summed E-state index contributed by atoms with van der Waals surface area (Å²) in [6, 6.07) is 25.2. The van der Waals surface area contributed by atoms with Crippen molar-refractivity contribution in [2.75, 3.05) is 14.2 Å². The Morgan fingerprint density at radius 3 is 1.50 bits per heavy atom. The first-order valence-corrected chi connectivity index (χ1v) is 9.47. The number of rotatable bonds is 6. The van der Waals surface area contributed by atoms with E-state index in [0.717, 1.165) is 22.3 Å². The van der Waals surface area contributed by atoms with Crippen LogP contribution in [0, 0.1) is 11.3 Å². The second-order valence-corrected chi connectivity index (χ2v) is 6.67. The number of hydrogen-bond acceptors (Lipinski definition) is 3. The van der Waals surface area contributed by atoms with Gasteiger partial charge in [-0.1, -0.05) is 72.8 Å². The third-order valence-corrected chi connectivity index (χ3v) is 4.63. The molecule has 4 heteroatoms. The first-order valence-electron chi connectivity index (χ1n) is 9.47. The normalized spacial score (nSPS) is 11.0. The van der Waals surface area contributed by atoms with Crippen LogP contribution >= 0.6 is 0 Å². The lowest BCUT2D eigenvalue weighted by atomic mass is 10.1. The number of carbonyl (C=O) groups is 1. The fourth-order valence-electron chi connectivity index (χ4n) is 2.77. The van der Waals surface area contributed by atoms with Crippen LogP contribution in [-0.4, -0.2) is 25.1 Å². The monoisotopic (exact) mass is 394 g/mol. The first kappa shape index (κ1) is 20.8. The molecule has 0 atom stereocenters. The van der Waals surface area contributed by atoms with Gasteiger partial charge in [0.05, 0.1) is 18.7 Å². The SMILES string of the molecule is CON(C)C(=O)c1ccc(/C=C/c2ccc(/C=C/c3ccc(C#N)cc3)cc2)cc1. The van der Waals surface area contributed by atoms with Gasteiger partial charge in [-0.3, -0.25) is 9.63 Å². The van der Waals surface area contributed by atoms with Crippen LogP contribution in [0.15, 0.2) is 72.8 Å². The van der Waals surface area contributed by atoms with Crippen LogP contribution in [0.25, 0.3) is 24.3 Å². The van der Waals surface area contributed by atoms with Gasteiger partial charge in [-0.25, -0.2) is 5.06 Å². The van der Waals surface area contributed by atoms with Gasteiger partial charge < -0.3 is 0 Å². The molecule has 0 aromatic heterocycles. The van der Waals surface area contributed by atoms with Gasteiger partial charge in [0, 0.05) is 12.6 Å². The minimum absolute atomic E-state index is 0.183. The Bertz CT molecular complexity index is 1090. The second kappa shape index (κ2) is 10.0. The van der Waals surface area contributed by atoms with Gasteiger partial charge in [0.15, 0.2) is 0 Å². The molecule has 0 unspecified atom stereocenters. The smallest absolute Gasteiger partial charge is 0.274 e. The Balaban J connectivity index is 1.62. The molecule has 0 bridgehead atoms. The summed E-state index contributed by atoms with van der Waals surface area (Å²) in [5, 5.41) is 10.0. The fraction of sp³-hybridized carbons (Fsp3) is 0.0769. The van der Waals surface area contributed by atoms with E-state index in [1.54, 1.807) is 19.2 Å². The molecule has 0 aliphatic rings. The highest BCUT2D eigenvalue weighted by Gasteiger charge is 2.10. The topological polar surface area (TPSA) is 53.3 Å². The molecule has 0 saturated heterocycles. The maximum absolute atomic E-state index is 12.0. The van der Waals surface area contributed by atoms with Crippen molar-refractivity contribution in [3.8, 4) is 6.07 Å². The molecular weight excluding hydrogens is 372 g/mol. The molecular formula is C26H22N2O2. The molecule has 3 aromatic carbocycles. The van der Waals surface area contributed by atoms with Crippen molar-refractivity contribution in [2.24, 2.45) is 0 Å². The van der Waals surface area contributed by atoms with Crippen molar-refractivity contribution in [1.82, 2.24) is 5.06 Å². The Hall–Kier alpha value is -3.94. The molecule has 0 saturated carbocycles. The zero-order valence-corrected chi connectivity index (χ0v) is 16.9. The zero-order chi connectivity index (χ0) is 21.3. The van der Waals surface area contributed by atoms with Crippen LogP contribution < -0.4 is 0 Å². The van der Waals surface area contributed by atoms with E-state index in [9.17, 15) is 4.79 Å². The van der Waals surface area contributed by atoms with Gasteiger partial charge in [0.25, 0.3) is 5.91 Å². The van der Waals surface area contributed by atoms with Crippen LogP contribution in [-0.2, 0) is 4.84 Å². The largest absolute Gasteiger partial charge is 0.277 e. The van der Waals surface area contributed by atoms with E-state index < -0.39 is 0 Å². The first-order chi connectivity index (χ1) is 14.6. The number of hydrogen-bond donors (Lipinski definition) is 0. The van der Waals surface area contributed by atoms with Crippen LogP contribution in [0.4, 0.5) is 0 Å². The number of amides is 1. The molecule has 30 heavy (non-hydrogen) atoms. The molecule has 3 rings (SSSR count). The summed E-state index contributed by atoms with van der Waals surface area (Å²) in [5.74, 6) is -0.183. The van der Waals surface area contributed by atoms with Gasteiger partial charge in [-0.15, -0.1) is 0 Å². The van der Waals surface area contributed by atoms with E-state index in [1.165, 1.54) is 12.2 Å². The van der Waals surface area contributed by atoms with E-state index >= 15 is 0 Å². The highest BCUT2D eigenvalue weighted by Crippen LogP contribution is 2.14. The molecule has 0 spiro atoms. The van der Waals surface area contributed by atoms with Crippen LogP contribution in [0.3, 0.4) is 0 Å². The van der Waals surface area contributed by atoms with Gasteiger partial charge in [0.1, 0.15) is 0 Å². The molecule has 0 fully saturated rings.